The quantitative estimate of drug-likeness (QED) is 0.512. The van der Waals surface area contributed by atoms with E-state index in [1.54, 1.807) is 0 Å². The predicted octanol–water partition coefficient (Wildman–Crippen LogP) is 2.32. The van der Waals surface area contributed by atoms with Gasteiger partial charge < -0.3 is 4.57 Å². The van der Waals surface area contributed by atoms with Crippen LogP contribution in [0, 0.1) is 12.3 Å². The average Bonchev–Trinajstić information content (AvgIpc) is 2.62. The maximum absolute atomic E-state index is 7.93. The number of thioether (sulfide) groups is 1. The molecule has 0 fully saturated rings. The highest BCUT2D eigenvalue weighted by atomic mass is 127. The molecule has 82 valence electrons. The highest BCUT2D eigenvalue weighted by molar-refractivity contribution is 14.1. The van der Waals surface area contributed by atoms with Gasteiger partial charge in [0.2, 0.25) is 5.62 Å². The Bertz CT molecular complexity index is 441. The van der Waals surface area contributed by atoms with Crippen molar-refractivity contribution in [2.75, 3.05) is 10.2 Å². The monoisotopic (exact) mass is 335 g/mol. The van der Waals surface area contributed by atoms with Crippen LogP contribution in [0.3, 0.4) is 0 Å². The second kappa shape index (κ2) is 4.45. The molecule has 2 heterocycles. The van der Waals surface area contributed by atoms with Crippen LogP contribution in [0.1, 0.15) is 24.2 Å². The van der Waals surface area contributed by atoms with E-state index >= 15 is 0 Å². The Balaban J connectivity index is 2.66. The normalized spacial score (nSPS) is 19.3. The third kappa shape index (κ3) is 1.84. The molecular formula is C10H14IN3S. The molecule has 1 N–H and O–H groups in total. The summed E-state index contributed by atoms with van der Waals surface area (Å²) in [6.07, 6.45) is 1.01. The van der Waals surface area contributed by atoms with Crippen molar-refractivity contribution in [3.05, 3.63) is 16.9 Å². The zero-order valence-corrected chi connectivity index (χ0v) is 11.9. The summed E-state index contributed by atoms with van der Waals surface area (Å²) >= 11 is 4.27. The van der Waals surface area contributed by atoms with Crippen LogP contribution < -0.4 is 5.62 Å². The van der Waals surface area contributed by atoms with E-state index < -0.39 is 0 Å². The number of aromatic nitrogens is 2. The highest BCUT2D eigenvalue weighted by Gasteiger charge is 2.25. The third-order valence-electron chi connectivity index (χ3n) is 2.72. The van der Waals surface area contributed by atoms with Gasteiger partial charge in [-0.1, -0.05) is 29.5 Å². The van der Waals surface area contributed by atoms with Gasteiger partial charge in [-0.05, 0) is 13.3 Å². The fourth-order valence-electron chi connectivity index (χ4n) is 1.94. The molecule has 0 radical (unpaired) electrons. The van der Waals surface area contributed by atoms with Crippen molar-refractivity contribution in [3.63, 3.8) is 0 Å². The molecule has 0 saturated heterocycles. The van der Waals surface area contributed by atoms with Crippen molar-refractivity contribution in [1.29, 1.82) is 5.41 Å². The first-order chi connectivity index (χ1) is 7.19. The molecule has 0 unspecified atom stereocenters. The minimum absolute atomic E-state index is 0.423. The molecule has 1 atom stereocenters. The SMILES string of the molecule is CCc1c(C)nc(=N)n2c1SC[C@H]2CI. The van der Waals surface area contributed by atoms with Crippen LogP contribution in [-0.4, -0.2) is 19.7 Å². The molecule has 0 saturated carbocycles. The average molecular weight is 335 g/mol. The Morgan fingerprint density at radius 3 is 3.00 bits per heavy atom. The molecule has 1 aliphatic heterocycles. The third-order valence-corrected chi connectivity index (χ3v) is 5.01. The lowest BCUT2D eigenvalue weighted by atomic mass is 10.2. The zero-order valence-electron chi connectivity index (χ0n) is 8.88. The molecule has 0 spiro atoms. The molecule has 5 heteroatoms. The summed E-state index contributed by atoms with van der Waals surface area (Å²) in [5.41, 5.74) is 2.77. The lowest BCUT2D eigenvalue weighted by molar-refractivity contribution is 0.532. The molecule has 3 nitrogen and oxygen atoms in total. The molecule has 15 heavy (non-hydrogen) atoms. The van der Waals surface area contributed by atoms with Crippen molar-refractivity contribution < 1.29 is 0 Å². The van der Waals surface area contributed by atoms with Crippen molar-refractivity contribution in [1.82, 2.24) is 9.55 Å². The van der Waals surface area contributed by atoms with Crippen molar-refractivity contribution >= 4 is 34.4 Å². The Labute approximate surface area is 107 Å². The second-order valence-electron chi connectivity index (χ2n) is 3.65. The number of hydrogen-bond donors (Lipinski definition) is 1. The number of nitrogens with zero attached hydrogens (tertiary/aromatic N) is 2. The van der Waals surface area contributed by atoms with Crippen LogP contribution in [0.5, 0.6) is 0 Å². The molecule has 1 aliphatic rings. The Hall–Kier alpha value is -0.0400. The van der Waals surface area contributed by atoms with Gasteiger partial charge in [0.1, 0.15) is 0 Å². The van der Waals surface area contributed by atoms with E-state index in [9.17, 15) is 0 Å². The minimum Gasteiger partial charge on any atom is -0.300 e. The molecule has 0 amide bonds. The Kier molecular flexibility index (Phi) is 3.39. The molecule has 0 bridgehead atoms. The van der Waals surface area contributed by atoms with Crippen LogP contribution in [0.15, 0.2) is 5.03 Å². The van der Waals surface area contributed by atoms with Crippen LogP contribution in [0.2, 0.25) is 0 Å². The lowest BCUT2D eigenvalue weighted by Crippen LogP contribution is -2.28. The van der Waals surface area contributed by atoms with Crippen LogP contribution in [0.4, 0.5) is 0 Å². The van der Waals surface area contributed by atoms with Crippen LogP contribution >= 0.6 is 34.4 Å². The van der Waals surface area contributed by atoms with Gasteiger partial charge in [0.05, 0.1) is 11.1 Å². The standard InChI is InChI=1S/C10H14IN3S/c1-3-8-6(2)13-10(12)14-7(4-11)5-15-9(8)14/h7,12H,3-5H2,1-2H3/t7-/m1/s1. The summed E-state index contributed by atoms with van der Waals surface area (Å²) < 4.78 is 3.16. The molecule has 1 aromatic rings. The second-order valence-corrected chi connectivity index (χ2v) is 5.54. The van der Waals surface area contributed by atoms with Crippen LogP contribution in [0.25, 0.3) is 0 Å². The van der Waals surface area contributed by atoms with Gasteiger partial charge in [-0.25, -0.2) is 4.98 Å². The summed E-state index contributed by atoms with van der Waals surface area (Å²) in [5.74, 6) is 1.09. The topological polar surface area (TPSA) is 41.7 Å². The Morgan fingerprint density at radius 2 is 2.40 bits per heavy atom. The summed E-state index contributed by atoms with van der Waals surface area (Å²) in [6, 6.07) is 0.455. The predicted molar refractivity (Wildman–Crippen MR) is 70.8 cm³/mol. The van der Waals surface area contributed by atoms with E-state index in [0.29, 0.717) is 11.7 Å². The lowest BCUT2D eigenvalue weighted by Gasteiger charge is -2.14. The van der Waals surface area contributed by atoms with E-state index in [-0.39, 0.29) is 0 Å². The van der Waals surface area contributed by atoms with Gasteiger partial charge in [0.15, 0.2) is 0 Å². The number of fused-ring (bicyclic) bond motifs is 1. The van der Waals surface area contributed by atoms with Gasteiger partial charge in [-0.3, -0.25) is 5.41 Å². The maximum Gasteiger partial charge on any atom is 0.223 e. The molecule has 2 rings (SSSR count). The van der Waals surface area contributed by atoms with Gasteiger partial charge in [0.25, 0.3) is 0 Å². The summed E-state index contributed by atoms with van der Waals surface area (Å²) in [5, 5.41) is 9.21. The first-order valence-corrected chi connectivity index (χ1v) is 7.55. The molecule has 0 aromatic carbocycles. The van der Waals surface area contributed by atoms with Gasteiger partial charge >= 0.3 is 0 Å². The number of aryl methyl sites for hydroxylation is 1. The molecule has 0 aliphatic carbocycles. The molecular weight excluding hydrogens is 321 g/mol. The van der Waals surface area contributed by atoms with Gasteiger partial charge in [0, 0.05) is 21.4 Å². The van der Waals surface area contributed by atoms with Crippen molar-refractivity contribution in [2.24, 2.45) is 0 Å². The fourth-order valence-corrected chi connectivity index (χ4v) is 4.53. The smallest absolute Gasteiger partial charge is 0.223 e. The summed E-state index contributed by atoms with van der Waals surface area (Å²) in [6.45, 7) is 4.17. The summed E-state index contributed by atoms with van der Waals surface area (Å²) in [4.78, 5) is 4.33. The number of nitrogens with one attached hydrogen (secondary N) is 1. The first-order valence-electron chi connectivity index (χ1n) is 5.04. The number of alkyl halides is 1. The van der Waals surface area contributed by atoms with Gasteiger partial charge in [-0.15, -0.1) is 11.8 Å². The zero-order chi connectivity index (χ0) is 11.0. The Morgan fingerprint density at radius 1 is 1.67 bits per heavy atom. The van der Waals surface area contributed by atoms with Crippen molar-refractivity contribution in [3.8, 4) is 0 Å². The van der Waals surface area contributed by atoms with E-state index in [2.05, 4.69) is 39.1 Å². The first kappa shape index (κ1) is 11.4. The number of rotatable bonds is 2. The van der Waals surface area contributed by atoms with E-state index in [0.717, 1.165) is 22.3 Å². The van der Waals surface area contributed by atoms with E-state index in [1.165, 1.54) is 10.6 Å². The molecule has 1 aromatic heterocycles. The van der Waals surface area contributed by atoms with Gasteiger partial charge in [-0.2, -0.15) is 0 Å². The minimum atomic E-state index is 0.423. The highest BCUT2D eigenvalue weighted by Crippen LogP contribution is 2.35. The summed E-state index contributed by atoms with van der Waals surface area (Å²) in [7, 11) is 0. The van der Waals surface area contributed by atoms with Crippen molar-refractivity contribution in [2.45, 2.75) is 31.3 Å². The maximum atomic E-state index is 7.93. The van der Waals surface area contributed by atoms with Crippen LogP contribution in [-0.2, 0) is 6.42 Å². The number of hydrogen-bond acceptors (Lipinski definition) is 3. The van der Waals surface area contributed by atoms with E-state index in [4.69, 9.17) is 5.41 Å². The largest absolute Gasteiger partial charge is 0.300 e. The number of halogens is 1. The van der Waals surface area contributed by atoms with E-state index in [1.807, 2.05) is 18.7 Å². The fraction of sp³-hybridized carbons (Fsp3) is 0.600.